The molecule has 1 amide bonds. The summed E-state index contributed by atoms with van der Waals surface area (Å²) < 4.78 is 10.4. The van der Waals surface area contributed by atoms with Gasteiger partial charge in [-0.15, -0.1) is 0 Å². The number of carboxylic acid groups (broad SMARTS) is 1. The predicted octanol–water partition coefficient (Wildman–Crippen LogP) is -1.95. The summed E-state index contributed by atoms with van der Waals surface area (Å²) in [4.78, 5) is 49.1. The minimum Gasteiger partial charge on any atom is -0.480 e. The first-order valence-electron chi connectivity index (χ1n) is 6.51. The summed E-state index contributed by atoms with van der Waals surface area (Å²) in [5.74, 6) is -1.79. The summed E-state index contributed by atoms with van der Waals surface area (Å²) >= 11 is 0. The van der Waals surface area contributed by atoms with E-state index in [1.807, 2.05) is 4.98 Å². The highest BCUT2D eigenvalue weighted by molar-refractivity contribution is 5.92. The third kappa shape index (κ3) is 4.27. The van der Waals surface area contributed by atoms with Gasteiger partial charge in [0.05, 0.1) is 18.8 Å². The highest BCUT2D eigenvalue weighted by Crippen LogP contribution is 2.12. The highest BCUT2D eigenvalue weighted by atomic mass is 16.5. The van der Waals surface area contributed by atoms with Gasteiger partial charge in [-0.05, 0) is 6.42 Å². The van der Waals surface area contributed by atoms with Crippen molar-refractivity contribution in [1.82, 2.24) is 15.3 Å². The average Bonchev–Trinajstić information content (AvgIpc) is 2.45. The Balaban J connectivity index is 2.05. The molecule has 1 saturated heterocycles. The first-order chi connectivity index (χ1) is 10.5. The number of carbonyl (C=O) groups is 2. The van der Waals surface area contributed by atoms with Gasteiger partial charge in [-0.1, -0.05) is 0 Å². The van der Waals surface area contributed by atoms with Crippen LogP contribution in [0.5, 0.6) is 0 Å². The van der Waals surface area contributed by atoms with Gasteiger partial charge in [0, 0.05) is 12.7 Å². The van der Waals surface area contributed by atoms with Crippen LogP contribution in [-0.2, 0) is 14.3 Å². The van der Waals surface area contributed by atoms with Crippen LogP contribution in [-0.4, -0.2) is 58.9 Å². The Hall–Kier alpha value is -2.46. The lowest BCUT2D eigenvalue weighted by atomic mass is 10.1. The SMILES string of the molecule is O=C(O)CO[C@H]1CCOC[C@H]1NC(=O)c1cc(=O)[nH]c(=O)[nH]1. The maximum Gasteiger partial charge on any atom is 0.329 e. The second-order valence-electron chi connectivity index (χ2n) is 4.69. The summed E-state index contributed by atoms with van der Waals surface area (Å²) in [6, 6.07) is 0.372. The number of hydrogen-bond donors (Lipinski definition) is 4. The van der Waals surface area contributed by atoms with Crippen molar-refractivity contribution in [3.05, 3.63) is 32.6 Å². The second kappa shape index (κ2) is 7.00. The second-order valence-corrected chi connectivity index (χ2v) is 4.69. The van der Waals surface area contributed by atoms with E-state index in [2.05, 4.69) is 10.3 Å². The molecule has 0 spiro atoms. The molecule has 0 unspecified atom stereocenters. The number of amides is 1. The number of aromatic amines is 2. The maximum atomic E-state index is 12.0. The molecule has 2 atom stereocenters. The third-order valence-corrected chi connectivity index (χ3v) is 3.04. The normalized spacial score (nSPS) is 21.3. The topological polar surface area (TPSA) is 151 Å². The zero-order valence-electron chi connectivity index (χ0n) is 11.5. The van der Waals surface area contributed by atoms with E-state index in [-0.39, 0.29) is 12.3 Å². The lowest BCUT2D eigenvalue weighted by Crippen LogP contribution is -2.51. The number of H-pyrrole nitrogens is 2. The van der Waals surface area contributed by atoms with E-state index in [4.69, 9.17) is 14.6 Å². The summed E-state index contributed by atoms with van der Waals surface area (Å²) in [6.07, 6.45) is -0.105. The van der Waals surface area contributed by atoms with Gasteiger partial charge in [0.25, 0.3) is 11.5 Å². The molecule has 0 bridgehead atoms. The summed E-state index contributed by atoms with van der Waals surface area (Å²) in [5.41, 5.74) is -1.69. The number of nitrogens with one attached hydrogen (secondary N) is 3. The maximum absolute atomic E-state index is 12.0. The van der Waals surface area contributed by atoms with Gasteiger partial charge >= 0.3 is 11.7 Å². The molecule has 22 heavy (non-hydrogen) atoms. The number of rotatable bonds is 5. The average molecular weight is 313 g/mol. The molecular weight excluding hydrogens is 298 g/mol. The van der Waals surface area contributed by atoms with Crippen LogP contribution in [0.15, 0.2) is 15.7 Å². The molecule has 1 aliphatic rings. The molecule has 1 aromatic heterocycles. The zero-order chi connectivity index (χ0) is 16.1. The van der Waals surface area contributed by atoms with Crippen LogP contribution in [0.4, 0.5) is 0 Å². The van der Waals surface area contributed by atoms with Crippen LogP contribution >= 0.6 is 0 Å². The molecule has 1 fully saturated rings. The van der Waals surface area contributed by atoms with Gasteiger partial charge in [0.2, 0.25) is 0 Å². The van der Waals surface area contributed by atoms with Crippen molar-refractivity contribution in [2.24, 2.45) is 0 Å². The smallest absolute Gasteiger partial charge is 0.329 e. The van der Waals surface area contributed by atoms with Crippen molar-refractivity contribution in [1.29, 1.82) is 0 Å². The van der Waals surface area contributed by atoms with E-state index < -0.39 is 41.9 Å². The van der Waals surface area contributed by atoms with Crippen LogP contribution in [0.25, 0.3) is 0 Å². The Morgan fingerprint density at radius 3 is 2.86 bits per heavy atom. The lowest BCUT2D eigenvalue weighted by Gasteiger charge is -2.31. The molecule has 2 rings (SSSR count). The molecular formula is C12H15N3O7. The summed E-state index contributed by atoms with van der Waals surface area (Å²) in [7, 11) is 0. The van der Waals surface area contributed by atoms with E-state index >= 15 is 0 Å². The Morgan fingerprint density at radius 2 is 2.18 bits per heavy atom. The molecule has 0 saturated carbocycles. The predicted molar refractivity (Wildman–Crippen MR) is 71.7 cm³/mol. The number of carbonyl (C=O) groups excluding carboxylic acids is 1. The minimum atomic E-state index is -1.12. The Labute approximate surface area is 123 Å². The lowest BCUT2D eigenvalue weighted by molar-refractivity contribution is -0.147. The van der Waals surface area contributed by atoms with Crippen molar-refractivity contribution < 1.29 is 24.2 Å². The van der Waals surface area contributed by atoms with Gasteiger partial charge in [-0.2, -0.15) is 0 Å². The highest BCUT2D eigenvalue weighted by Gasteiger charge is 2.29. The number of ether oxygens (including phenoxy) is 2. The Morgan fingerprint density at radius 1 is 1.41 bits per heavy atom. The van der Waals surface area contributed by atoms with Crippen molar-refractivity contribution in [2.45, 2.75) is 18.6 Å². The van der Waals surface area contributed by atoms with Gasteiger partial charge in [-0.25, -0.2) is 9.59 Å². The monoisotopic (exact) mass is 313 g/mol. The molecule has 2 heterocycles. The summed E-state index contributed by atoms with van der Waals surface area (Å²) in [5, 5.41) is 11.2. The minimum absolute atomic E-state index is 0.142. The van der Waals surface area contributed by atoms with E-state index in [9.17, 15) is 19.2 Å². The number of aromatic nitrogens is 2. The molecule has 120 valence electrons. The van der Waals surface area contributed by atoms with Crippen LogP contribution in [0.1, 0.15) is 16.9 Å². The molecule has 10 nitrogen and oxygen atoms in total. The van der Waals surface area contributed by atoms with E-state index in [0.717, 1.165) is 6.07 Å². The third-order valence-electron chi connectivity index (χ3n) is 3.04. The fourth-order valence-corrected chi connectivity index (χ4v) is 2.07. The van der Waals surface area contributed by atoms with Crippen LogP contribution in [0.3, 0.4) is 0 Å². The molecule has 0 aromatic carbocycles. The van der Waals surface area contributed by atoms with Gasteiger partial charge in [-0.3, -0.25) is 14.6 Å². The van der Waals surface area contributed by atoms with Gasteiger partial charge in [0.1, 0.15) is 12.3 Å². The molecule has 1 aliphatic heterocycles. The molecule has 0 radical (unpaired) electrons. The van der Waals surface area contributed by atoms with Crippen molar-refractivity contribution >= 4 is 11.9 Å². The van der Waals surface area contributed by atoms with Crippen LogP contribution in [0, 0.1) is 0 Å². The molecule has 1 aromatic rings. The molecule has 4 N–H and O–H groups in total. The van der Waals surface area contributed by atoms with Crippen LogP contribution < -0.4 is 16.6 Å². The number of carboxylic acids is 1. The Bertz CT molecular complexity index is 637. The Kier molecular flexibility index (Phi) is 5.07. The fourth-order valence-electron chi connectivity index (χ4n) is 2.07. The number of aliphatic carboxylic acids is 1. The van der Waals surface area contributed by atoms with Crippen molar-refractivity contribution in [3.63, 3.8) is 0 Å². The first kappa shape index (κ1) is 15.9. The standard InChI is InChI=1S/C12H15N3O7/c16-9-3-6(14-12(20)15-9)11(19)13-7-4-21-2-1-8(7)22-5-10(17)18/h3,7-8H,1-2,4-5H2,(H,13,19)(H,17,18)(H2,14,15,16,20)/t7-,8+/m1/s1. The largest absolute Gasteiger partial charge is 0.480 e. The zero-order valence-corrected chi connectivity index (χ0v) is 11.5. The van der Waals surface area contributed by atoms with Gasteiger partial charge in [0.15, 0.2) is 0 Å². The fraction of sp³-hybridized carbons (Fsp3) is 0.500. The van der Waals surface area contributed by atoms with Crippen molar-refractivity contribution in [2.75, 3.05) is 19.8 Å². The van der Waals surface area contributed by atoms with E-state index in [0.29, 0.717) is 13.0 Å². The van der Waals surface area contributed by atoms with Crippen molar-refractivity contribution in [3.8, 4) is 0 Å². The van der Waals surface area contributed by atoms with E-state index in [1.165, 1.54) is 0 Å². The first-order valence-corrected chi connectivity index (χ1v) is 6.51. The quantitative estimate of drug-likeness (QED) is 0.493. The van der Waals surface area contributed by atoms with E-state index in [1.54, 1.807) is 0 Å². The molecule has 0 aliphatic carbocycles. The summed E-state index contributed by atoms with van der Waals surface area (Å²) in [6.45, 7) is 0.0425. The van der Waals surface area contributed by atoms with Gasteiger partial charge < -0.3 is 24.9 Å². The molecule has 10 heteroatoms. The van der Waals surface area contributed by atoms with Crippen LogP contribution in [0.2, 0.25) is 0 Å². The number of hydrogen-bond acceptors (Lipinski definition) is 6.